The average Bonchev–Trinajstić information content (AvgIpc) is 2.79. The van der Waals surface area contributed by atoms with Crippen molar-refractivity contribution in [3.63, 3.8) is 0 Å². The van der Waals surface area contributed by atoms with Crippen LogP contribution in [0.4, 0.5) is 0 Å². The van der Waals surface area contributed by atoms with Gasteiger partial charge < -0.3 is 37.6 Å². The minimum absolute atomic E-state index is 0.0231. The van der Waals surface area contributed by atoms with Crippen LogP contribution in [0.2, 0.25) is 0 Å². The van der Waals surface area contributed by atoms with Gasteiger partial charge in [-0.05, 0) is 30.4 Å². The molecule has 0 saturated heterocycles. The zero-order chi connectivity index (χ0) is 26.1. The van der Waals surface area contributed by atoms with Gasteiger partial charge in [-0.2, -0.15) is 0 Å². The molecule has 0 amide bonds. The van der Waals surface area contributed by atoms with Crippen molar-refractivity contribution in [3.8, 4) is 0 Å². The third-order valence-corrected chi connectivity index (χ3v) is 4.22. The van der Waals surface area contributed by atoms with E-state index in [2.05, 4.69) is 0 Å². The molecule has 0 bridgehead atoms. The Morgan fingerprint density at radius 2 is 0.912 bits per heavy atom. The first-order valence-corrected chi connectivity index (χ1v) is 10.2. The number of carbonyl (C=O) groups is 4. The van der Waals surface area contributed by atoms with Crippen LogP contribution < -0.4 is 17.2 Å². The van der Waals surface area contributed by atoms with Crippen molar-refractivity contribution in [1.29, 1.82) is 0 Å². The van der Waals surface area contributed by atoms with E-state index < -0.39 is 42.0 Å². The molecule has 10 N–H and O–H groups in total. The molecule has 0 aliphatic rings. The number of carboxylic acid groups (broad SMARTS) is 4. The lowest BCUT2D eigenvalue weighted by molar-refractivity contribution is -0.140. The molecule has 0 unspecified atom stereocenters. The first-order valence-electron chi connectivity index (χ1n) is 10.2. The molecule has 34 heavy (non-hydrogen) atoms. The van der Waals surface area contributed by atoms with Gasteiger partial charge in [0.15, 0.2) is 0 Å². The van der Waals surface area contributed by atoms with E-state index in [1.54, 1.807) is 0 Å². The molecule has 0 saturated carbocycles. The van der Waals surface area contributed by atoms with Gasteiger partial charge in [-0.15, -0.1) is 0 Å². The molecule has 3 atom stereocenters. The molecule has 186 valence electrons. The fourth-order valence-corrected chi connectivity index (χ4v) is 2.31. The highest BCUT2D eigenvalue weighted by molar-refractivity contribution is 5.75. The highest BCUT2D eigenvalue weighted by atomic mass is 16.4. The first-order chi connectivity index (χ1) is 15.9. The van der Waals surface area contributed by atoms with E-state index >= 15 is 0 Å². The number of rotatable bonds is 10. The van der Waals surface area contributed by atoms with Crippen LogP contribution in [0, 0.1) is 0 Å². The minimum Gasteiger partial charge on any atom is -0.481 e. The van der Waals surface area contributed by atoms with Crippen LogP contribution in [0.5, 0.6) is 0 Å². The number of hydrogen-bond acceptors (Lipinski definition) is 7. The Morgan fingerprint density at radius 1 is 0.588 bits per heavy atom. The van der Waals surface area contributed by atoms with Crippen LogP contribution >= 0.6 is 0 Å². The summed E-state index contributed by atoms with van der Waals surface area (Å²) in [6.45, 7) is 0. The molecular formula is C23H31N3O8. The van der Waals surface area contributed by atoms with E-state index in [-0.39, 0.29) is 12.8 Å². The molecule has 0 spiro atoms. The maximum Gasteiger partial charge on any atom is 0.320 e. The van der Waals surface area contributed by atoms with Crippen molar-refractivity contribution >= 4 is 23.9 Å². The molecule has 0 aliphatic carbocycles. The van der Waals surface area contributed by atoms with Gasteiger partial charge in [0, 0.05) is 6.42 Å². The monoisotopic (exact) mass is 477 g/mol. The third-order valence-electron chi connectivity index (χ3n) is 4.22. The summed E-state index contributed by atoms with van der Waals surface area (Å²) in [5.74, 6) is -4.12. The second-order valence-corrected chi connectivity index (χ2v) is 7.15. The lowest BCUT2D eigenvalue weighted by atomic mass is 10.1. The molecular weight excluding hydrogens is 446 g/mol. The van der Waals surface area contributed by atoms with Gasteiger partial charge in [0.1, 0.15) is 18.1 Å². The van der Waals surface area contributed by atoms with E-state index in [0.717, 1.165) is 11.1 Å². The van der Waals surface area contributed by atoms with E-state index in [4.69, 9.17) is 37.6 Å². The summed E-state index contributed by atoms with van der Waals surface area (Å²) in [5, 5.41) is 33.3. The van der Waals surface area contributed by atoms with E-state index in [1.165, 1.54) is 0 Å². The smallest absolute Gasteiger partial charge is 0.320 e. The Bertz CT molecular complexity index is 836. The Kier molecular flexibility index (Phi) is 14.9. The van der Waals surface area contributed by atoms with Crippen LogP contribution in [-0.2, 0) is 32.0 Å². The van der Waals surface area contributed by atoms with Crippen molar-refractivity contribution < 1.29 is 39.6 Å². The van der Waals surface area contributed by atoms with Crippen LogP contribution in [0.1, 0.15) is 24.0 Å². The Hall–Kier alpha value is -3.80. The average molecular weight is 478 g/mol. The summed E-state index contributed by atoms with van der Waals surface area (Å²) in [6, 6.07) is 16.0. The quantitative estimate of drug-likeness (QED) is 0.250. The largest absolute Gasteiger partial charge is 0.481 e. The highest BCUT2D eigenvalue weighted by Crippen LogP contribution is 2.02. The summed E-state index contributed by atoms with van der Waals surface area (Å²) in [4.78, 5) is 40.6. The van der Waals surface area contributed by atoms with Crippen molar-refractivity contribution in [3.05, 3.63) is 71.8 Å². The fourth-order valence-electron chi connectivity index (χ4n) is 2.31. The van der Waals surface area contributed by atoms with Crippen molar-refractivity contribution in [1.82, 2.24) is 0 Å². The Labute approximate surface area is 196 Å². The third kappa shape index (κ3) is 15.1. The standard InChI is InChI=1S/2C9H11NO2.C5H9NO4/c2*10-8(9(11)12)6-7-4-2-1-3-5-7;6-3(5(9)10)1-2-4(7)8/h2*1-5,8H,6,10H2,(H,11,12);3H,1-2,6H2,(H,7,8)(H,9,10)/t2*8-;3-/m000/s1. The number of aliphatic carboxylic acids is 4. The topological polar surface area (TPSA) is 227 Å². The van der Waals surface area contributed by atoms with E-state index in [1.807, 2.05) is 60.7 Å². The molecule has 0 aliphatic heterocycles. The summed E-state index contributed by atoms with van der Waals surface area (Å²) in [7, 11) is 0. The lowest BCUT2D eigenvalue weighted by Gasteiger charge is -2.04. The fraction of sp³-hybridized carbons (Fsp3) is 0.304. The second-order valence-electron chi connectivity index (χ2n) is 7.15. The maximum absolute atomic E-state index is 10.4. The van der Waals surface area contributed by atoms with Gasteiger partial charge >= 0.3 is 23.9 Å². The summed E-state index contributed by atoms with van der Waals surface area (Å²) >= 11 is 0. The second kappa shape index (κ2) is 16.8. The number of hydrogen-bond donors (Lipinski definition) is 7. The molecule has 0 heterocycles. The van der Waals surface area contributed by atoms with Gasteiger partial charge in [-0.1, -0.05) is 60.7 Å². The Morgan fingerprint density at radius 3 is 1.18 bits per heavy atom. The molecule has 11 heteroatoms. The normalized spacial score (nSPS) is 12.4. The predicted octanol–water partition coefficient (Wildman–Crippen LogP) is 0.545. The lowest BCUT2D eigenvalue weighted by Crippen LogP contribution is -2.32. The van der Waals surface area contributed by atoms with Crippen molar-refractivity contribution in [2.75, 3.05) is 0 Å². The van der Waals surface area contributed by atoms with Crippen LogP contribution in [0.25, 0.3) is 0 Å². The Balaban J connectivity index is 0.000000484. The molecule has 11 nitrogen and oxygen atoms in total. The molecule has 0 fully saturated rings. The summed E-state index contributed by atoms with van der Waals surface area (Å²) < 4.78 is 0. The first kappa shape index (κ1) is 30.2. The number of benzene rings is 2. The van der Waals surface area contributed by atoms with Crippen LogP contribution in [-0.4, -0.2) is 62.4 Å². The molecule has 2 rings (SSSR count). The van der Waals surface area contributed by atoms with E-state index in [0.29, 0.717) is 12.8 Å². The van der Waals surface area contributed by atoms with Gasteiger partial charge in [0.2, 0.25) is 0 Å². The summed E-state index contributed by atoms with van der Waals surface area (Å²) in [6.07, 6.45) is 0.546. The predicted molar refractivity (Wildman–Crippen MR) is 124 cm³/mol. The summed E-state index contributed by atoms with van der Waals surface area (Å²) in [5.41, 5.74) is 17.6. The highest BCUT2D eigenvalue weighted by Gasteiger charge is 2.13. The van der Waals surface area contributed by atoms with Crippen LogP contribution in [0.3, 0.4) is 0 Å². The van der Waals surface area contributed by atoms with E-state index in [9.17, 15) is 19.2 Å². The van der Waals surface area contributed by atoms with Crippen molar-refractivity contribution in [2.24, 2.45) is 17.2 Å². The van der Waals surface area contributed by atoms with Gasteiger partial charge in [-0.3, -0.25) is 19.2 Å². The molecule has 2 aromatic rings. The zero-order valence-corrected chi connectivity index (χ0v) is 18.5. The minimum atomic E-state index is -1.17. The van der Waals surface area contributed by atoms with Crippen LogP contribution in [0.15, 0.2) is 60.7 Å². The van der Waals surface area contributed by atoms with Crippen molar-refractivity contribution in [2.45, 2.75) is 43.8 Å². The maximum atomic E-state index is 10.4. The zero-order valence-electron chi connectivity index (χ0n) is 18.5. The van der Waals surface area contributed by atoms with Gasteiger partial charge in [0.05, 0.1) is 0 Å². The molecule has 0 aromatic heterocycles. The molecule has 0 radical (unpaired) electrons. The SMILES string of the molecule is N[C@@H](CCC(=O)O)C(=O)O.N[C@@H](Cc1ccccc1)C(=O)O.N[C@@H](Cc1ccccc1)C(=O)O. The van der Waals surface area contributed by atoms with Gasteiger partial charge in [0.25, 0.3) is 0 Å². The van der Waals surface area contributed by atoms with Gasteiger partial charge in [-0.25, -0.2) is 0 Å². The molecule has 2 aromatic carbocycles. The number of carboxylic acids is 4. The number of nitrogens with two attached hydrogens (primary N) is 3.